The van der Waals surface area contributed by atoms with Gasteiger partial charge in [-0.3, -0.25) is 0 Å². The molecule has 0 fully saturated rings. The number of hydrogen-bond acceptors (Lipinski definition) is 2. The Labute approximate surface area is 111 Å². The second-order valence-corrected chi connectivity index (χ2v) is 4.55. The van der Waals surface area contributed by atoms with E-state index in [0.29, 0.717) is 5.92 Å². The molecule has 0 unspecified atom stereocenters. The second kappa shape index (κ2) is 7.57. The number of benzene rings is 1. The van der Waals surface area contributed by atoms with Gasteiger partial charge in [-0.1, -0.05) is 39.3 Å². The summed E-state index contributed by atoms with van der Waals surface area (Å²) in [4.78, 5) is 0. The van der Waals surface area contributed by atoms with Gasteiger partial charge in [0.05, 0.1) is 7.11 Å². The summed E-state index contributed by atoms with van der Waals surface area (Å²) in [6.07, 6.45) is 2.09. The fourth-order valence-electron chi connectivity index (χ4n) is 1.87. The van der Waals surface area contributed by atoms with E-state index in [1.165, 1.54) is 5.56 Å². The van der Waals surface area contributed by atoms with E-state index in [0.717, 1.165) is 24.2 Å². The highest BCUT2D eigenvalue weighted by molar-refractivity contribution is 5.85. The second-order valence-electron chi connectivity index (χ2n) is 4.55. The SMILES string of the molecule is CCC[C@H](N)c1cc(C(C)C)ccc1OC.Cl. The van der Waals surface area contributed by atoms with E-state index in [9.17, 15) is 0 Å². The van der Waals surface area contributed by atoms with E-state index < -0.39 is 0 Å². The molecule has 0 aromatic heterocycles. The minimum atomic E-state index is 0. The lowest BCUT2D eigenvalue weighted by Crippen LogP contribution is -2.11. The van der Waals surface area contributed by atoms with Crippen LogP contribution in [-0.4, -0.2) is 7.11 Å². The molecule has 2 N–H and O–H groups in total. The van der Waals surface area contributed by atoms with Gasteiger partial charge >= 0.3 is 0 Å². The molecule has 0 amide bonds. The summed E-state index contributed by atoms with van der Waals surface area (Å²) in [5, 5.41) is 0. The van der Waals surface area contributed by atoms with Gasteiger partial charge in [0.15, 0.2) is 0 Å². The predicted octanol–water partition coefficient (Wildman–Crippen LogP) is 4.04. The van der Waals surface area contributed by atoms with Crippen LogP contribution in [0.15, 0.2) is 18.2 Å². The minimum absolute atomic E-state index is 0. The fourth-order valence-corrected chi connectivity index (χ4v) is 1.87. The third-order valence-electron chi connectivity index (χ3n) is 2.92. The lowest BCUT2D eigenvalue weighted by Gasteiger charge is -2.17. The van der Waals surface area contributed by atoms with Crippen LogP contribution in [-0.2, 0) is 0 Å². The van der Waals surface area contributed by atoms with Gasteiger partial charge in [0.1, 0.15) is 5.75 Å². The molecule has 1 aromatic rings. The van der Waals surface area contributed by atoms with E-state index in [2.05, 4.69) is 32.9 Å². The van der Waals surface area contributed by atoms with Crippen LogP contribution in [0.25, 0.3) is 0 Å². The summed E-state index contributed by atoms with van der Waals surface area (Å²) in [5.41, 5.74) is 8.63. The van der Waals surface area contributed by atoms with Crippen molar-refractivity contribution in [2.75, 3.05) is 7.11 Å². The summed E-state index contributed by atoms with van der Waals surface area (Å²) in [6, 6.07) is 6.41. The van der Waals surface area contributed by atoms with Crippen molar-refractivity contribution in [3.05, 3.63) is 29.3 Å². The molecule has 0 saturated carbocycles. The maximum Gasteiger partial charge on any atom is 0.123 e. The smallest absolute Gasteiger partial charge is 0.123 e. The topological polar surface area (TPSA) is 35.2 Å². The van der Waals surface area contributed by atoms with Gasteiger partial charge in [0.2, 0.25) is 0 Å². The van der Waals surface area contributed by atoms with Crippen molar-refractivity contribution in [1.29, 1.82) is 0 Å². The first-order chi connectivity index (χ1) is 7.60. The molecule has 98 valence electrons. The summed E-state index contributed by atoms with van der Waals surface area (Å²) in [6.45, 7) is 6.53. The Hall–Kier alpha value is -0.730. The van der Waals surface area contributed by atoms with Gasteiger partial charge in [-0.2, -0.15) is 0 Å². The Balaban J connectivity index is 0.00000256. The molecule has 0 radical (unpaired) electrons. The van der Waals surface area contributed by atoms with Crippen molar-refractivity contribution in [2.45, 2.75) is 45.6 Å². The van der Waals surface area contributed by atoms with E-state index in [1.54, 1.807) is 7.11 Å². The lowest BCUT2D eigenvalue weighted by atomic mass is 9.95. The molecule has 0 heterocycles. The van der Waals surface area contributed by atoms with Crippen molar-refractivity contribution < 1.29 is 4.74 Å². The normalized spacial score (nSPS) is 12.1. The van der Waals surface area contributed by atoms with Crippen molar-refractivity contribution in [3.63, 3.8) is 0 Å². The van der Waals surface area contributed by atoms with E-state index in [-0.39, 0.29) is 18.4 Å². The van der Waals surface area contributed by atoms with Gasteiger partial charge in [-0.15, -0.1) is 12.4 Å². The average Bonchev–Trinajstić information content (AvgIpc) is 2.28. The molecule has 1 aromatic carbocycles. The van der Waals surface area contributed by atoms with Gasteiger partial charge in [0.25, 0.3) is 0 Å². The van der Waals surface area contributed by atoms with Crippen molar-refractivity contribution in [1.82, 2.24) is 0 Å². The molecule has 1 rings (SSSR count). The Morgan fingerprint density at radius 3 is 2.41 bits per heavy atom. The molecular weight excluding hydrogens is 234 g/mol. The van der Waals surface area contributed by atoms with Gasteiger partial charge < -0.3 is 10.5 Å². The Kier molecular flexibility index (Phi) is 7.24. The lowest BCUT2D eigenvalue weighted by molar-refractivity contribution is 0.403. The standard InChI is InChI=1S/C14H23NO.ClH/c1-5-6-13(15)12-9-11(10(2)3)7-8-14(12)16-4;/h7-10,13H,5-6,15H2,1-4H3;1H/t13-;/m0./s1. The van der Waals surface area contributed by atoms with Crippen LogP contribution in [0, 0.1) is 0 Å². The van der Waals surface area contributed by atoms with Crippen LogP contribution >= 0.6 is 12.4 Å². The molecule has 0 saturated heterocycles. The van der Waals surface area contributed by atoms with Crippen LogP contribution in [0.1, 0.15) is 56.7 Å². The Morgan fingerprint density at radius 2 is 1.94 bits per heavy atom. The highest BCUT2D eigenvalue weighted by Crippen LogP contribution is 2.29. The summed E-state index contributed by atoms with van der Waals surface area (Å²) in [7, 11) is 1.70. The maximum absolute atomic E-state index is 6.17. The van der Waals surface area contributed by atoms with Crippen LogP contribution < -0.4 is 10.5 Å². The third kappa shape index (κ3) is 4.21. The van der Waals surface area contributed by atoms with Crippen LogP contribution in [0.4, 0.5) is 0 Å². The third-order valence-corrected chi connectivity index (χ3v) is 2.92. The zero-order valence-corrected chi connectivity index (χ0v) is 12.0. The summed E-state index contributed by atoms with van der Waals surface area (Å²) < 4.78 is 5.37. The van der Waals surface area contributed by atoms with Gasteiger partial charge in [0, 0.05) is 11.6 Å². The van der Waals surface area contributed by atoms with E-state index >= 15 is 0 Å². The van der Waals surface area contributed by atoms with Gasteiger partial charge in [-0.05, 0) is 24.0 Å². The number of halogens is 1. The Bertz CT molecular complexity index is 339. The molecule has 2 nitrogen and oxygen atoms in total. The highest BCUT2D eigenvalue weighted by atomic mass is 35.5. The summed E-state index contributed by atoms with van der Waals surface area (Å²) in [5.74, 6) is 1.43. The first-order valence-corrected chi connectivity index (χ1v) is 6.03. The van der Waals surface area contributed by atoms with Crippen LogP contribution in [0.5, 0.6) is 5.75 Å². The number of nitrogens with two attached hydrogens (primary N) is 1. The molecule has 0 aliphatic carbocycles. The fraction of sp³-hybridized carbons (Fsp3) is 0.571. The van der Waals surface area contributed by atoms with Crippen molar-refractivity contribution in [2.24, 2.45) is 5.73 Å². The maximum atomic E-state index is 6.17. The minimum Gasteiger partial charge on any atom is -0.496 e. The predicted molar refractivity (Wildman–Crippen MR) is 76.2 cm³/mol. The molecule has 0 bridgehead atoms. The number of hydrogen-bond donors (Lipinski definition) is 1. The van der Waals surface area contributed by atoms with Crippen LogP contribution in [0.3, 0.4) is 0 Å². The monoisotopic (exact) mass is 257 g/mol. The zero-order chi connectivity index (χ0) is 12.1. The molecular formula is C14H24ClNO. The average molecular weight is 258 g/mol. The van der Waals surface area contributed by atoms with Crippen LogP contribution in [0.2, 0.25) is 0 Å². The Morgan fingerprint density at radius 1 is 1.29 bits per heavy atom. The molecule has 0 aliphatic rings. The number of rotatable bonds is 5. The molecule has 0 aliphatic heterocycles. The quantitative estimate of drug-likeness (QED) is 0.864. The van der Waals surface area contributed by atoms with Crippen molar-refractivity contribution in [3.8, 4) is 5.75 Å². The highest BCUT2D eigenvalue weighted by Gasteiger charge is 2.12. The van der Waals surface area contributed by atoms with E-state index in [4.69, 9.17) is 10.5 Å². The van der Waals surface area contributed by atoms with Crippen molar-refractivity contribution >= 4 is 12.4 Å². The first-order valence-electron chi connectivity index (χ1n) is 6.03. The summed E-state index contributed by atoms with van der Waals surface area (Å²) >= 11 is 0. The van der Waals surface area contributed by atoms with E-state index in [1.807, 2.05) is 6.07 Å². The molecule has 17 heavy (non-hydrogen) atoms. The van der Waals surface area contributed by atoms with Gasteiger partial charge in [-0.25, -0.2) is 0 Å². The molecule has 1 atom stereocenters. The number of ether oxygens (including phenoxy) is 1. The molecule has 0 spiro atoms. The first kappa shape index (κ1) is 16.3. The zero-order valence-electron chi connectivity index (χ0n) is 11.2. The molecule has 3 heteroatoms. The number of methoxy groups -OCH3 is 1. The largest absolute Gasteiger partial charge is 0.496 e.